The molecule has 56 heavy (non-hydrogen) atoms. The lowest BCUT2D eigenvalue weighted by atomic mass is 9.70. The number of likely N-dealkylation sites (N-methyl/N-ethyl adjacent to an activating group) is 1. The summed E-state index contributed by atoms with van der Waals surface area (Å²) in [4.78, 5) is 25.3. The van der Waals surface area contributed by atoms with E-state index in [0.29, 0.717) is 59.7 Å². The fourth-order valence-corrected chi connectivity index (χ4v) is 8.57. The lowest BCUT2D eigenvalue weighted by molar-refractivity contribution is -0.122. The van der Waals surface area contributed by atoms with E-state index in [1.807, 2.05) is 13.8 Å². The molecule has 5 unspecified atom stereocenters. The highest BCUT2D eigenvalue weighted by Crippen LogP contribution is 2.66. The van der Waals surface area contributed by atoms with Crippen molar-refractivity contribution in [2.75, 3.05) is 26.7 Å². The summed E-state index contributed by atoms with van der Waals surface area (Å²) in [5.41, 5.74) is 2.56. The number of likely N-dealkylation sites (tertiary alicyclic amines) is 1. The topological polar surface area (TPSA) is 85.5 Å². The summed E-state index contributed by atoms with van der Waals surface area (Å²) < 4.78 is 0. The highest BCUT2D eigenvalue weighted by molar-refractivity contribution is 5.95. The maximum Gasteiger partial charge on any atom is 0.180 e. The first-order valence-corrected chi connectivity index (χ1v) is 21.6. The normalized spacial score (nSPS) is 24.7. The van der Waals surface area contributed by atoms with Crippen LogP contribution in [0, 0.1) is 52.3 Å². The van der Waals surface area contributed by atoms with Gasteiger partial charge in [-0.3, -0.25) is 14.5 Å². The molecule has 3 saturated carbocycles. The third-order valence-corrected chi connectivity index (χ3v) is 12.8. The van der Waals surface area contributed by atoms with E-state index in [1.165, 1.54) is 51.4 Å². The third kappa shape index (κ3) is 16.3. The summed E-state index contributed by atoms with van der Waals surface area (Å²) in [6.45, 7) is 43.6. The van der Waals surface area contributed by atoms with E-state index in [9.17, 15) is 9.59 Å². The van der Waals surface area contributed by atoms with Crippen LogP contribution in [0.2, 0.25) is 0 Å². The van der Waals surface area contributed by atoms with Crippen LogP contribution in [0.5, 0.6) is 0 Å². The van der Waals surface area contributed by atoms with Crippen LogP contribution in [0.1, 0.15) is 140 Å². The van der Waals surface area contributed by atoms with Gasteiger partial charge in [0.05, 0.1) is 23.6 Å². The molecular weight excluding hydrogens is 691 g/mol. The van der Waals surface area contributed by atoms with E-state index < -0.39 is 0 Å². The highest BCUT2D eigenvalue weighted by Gasteiger charge is 2.68. The average molecular weight is 776 g/mol. The van der Waals surface area contributed by atoms with Crippen molar-refractivity contribution in [1.29, 1.82) is 0 Å². The number of hydrogen-bond donors (Lipinski definition) is 4. The summed E-state index contributed by atoms with van der Waals surface area (Å²) in [6, 6.07) is 0.951. The predicted molar refractivity (Wildman–Crippen MR) is 242 cm³/mol. The van der Waals surface area contributed by atoms with Crippen molar-refractivity contribution >= 4 is 11.6 Å². The number of Topliss-reactive ketones (excluding diaryl/α,β-unsaturated/α-hetero) is 2. The van der Waals surface area contributed by atoms with Gasteiger partial charge in [-0.2, -0.15) is 0 Å². The van der Waals surface area contributed by atoms with Crippen molar-refractivity contribution in [3.63, 3.8) is 0 Å². The Morgan fingerprint density at radius 3 is 2.05 bits per heavy atom. The lowest BCUT2D eigenvalue weighted by Crippen LogP contribution is -2.48. The molecule has 0 amide bonds. The molecule has 4 rings (SSSR count). The van der Waals surface area contributed by atoms with Gasteiger partial charge < -0.3 is 21.3 Å². The van der Waals surface area contributed by atoms with Crippen molar-refractivity contribution in [2.24, 2.45) is 39.9 Å². The number of carbonyl (C=O) groups is 2. The first-order chi connectivity index (χ1) is 26.2. The highest BCUT2D eigenvalue weighted by atomic mass is 16.1. The minimum Gasteiger partial charge on any atom is -0.389 e. The Morgan fingerprint density at radius 2 is 1.61 bits per heavy atom. The van der Waals surface area contributed by atoms with E-state index in [2.05, 4.69) is 127 Å². The van der Waals surface area contributed by atoms with Gasteiger partial charge in [0.2, 0.25) is 0 Å². The second kappa shape index (κ2) is 23.9. The molecule has 7 atom stereocenters. The van der Waals surface area contributed by atoms with Crippen LogP contribution < -0.4 is 21.3 Å². The number of nitrogens with one attached hydrogen (secondary N) is 4. The molecule has 1 aliphatic heterocycles. The molecule has 7 heteroatoms. The van der Waals surface area contributed by atoms with E-state index in [-0.39, 0.29) is 23.2 Å². The van der Waals surface area contributed by atoms with Crippen molar-refractivity contribution in [3.8, 4) is 12.3 Å². The maximum atomic E-state index is 11.6. The Morgan fingerprint density at radius 1 is 1.00 bits per heavy atom. The summed E-state index contributed by atoms with van der Waals surface area (Å²) in [5.74, 6) is 6.19. The summed E-state index contributed by atoms with van der Waals surface area (Å²) >= 11 is 0. The van der Waals surface area contributed by atoms with Crippen LogP contribution >= 0.6 is 0 Å². The molecule has 4 aliphatic rings. The Bertz CT molecular complexity index is 1340. The standard InChI is InChI=1S/C19H36N2.C12H17NO.C11H19NO.C7H13N/c1-8-16(18(4,5)6)20-15(3)21-17(9-2)19(7)13-11-10-12-14-19;1-5-7-8-10(3)12(14)11(4)13-9-6-2;1-5-11(3)8-6-12(4)10(7(2)13)9(8)11;1-6(2)8-5-7-3-4-7/h9,16-17,20-21H,2-3,8,10-14H2,1,4-7H3;1,6,10,13H,2,4,7-9H2,3H3;8-10H,5-6H2,1-4H3;7-8H,1,3-5H2,2H3/t;;8-,9-,10?,11?;/m..0./s1. The molecule has 1 saturated heterocycles. The van der Waals surface area contributed by atoms with E-state index in [4.69, 9.17) is 6.42 Å². The monoisotopic (exact) mass is 776 g/mol. The molecule has 0 aromatic carbocycles. The fraction of sp³-hybridized carbons (Fsp3) is 0.714. The van der Waals surface area contributed by atoms with Crippen LogP contribution in [0.25, 0.3) is 0 Å². The number of rotatable bonds is 19. The molecule has 4 fully saturated rings. The minimum atomic E-state index is -0.0594. The number of nitrogens with zero attached hydrogens (tertiary/aromatic N) is 1. The second-order valence-corrected chi connectivity index (χ2v) is 18.8. The lowest BCUT2D eigenvalue weighted by Gasteiger charge is -2.41. The molecule has 0 bridgehead atoms. The van der Waals surface area contributed by atoms with Gasteiger partial charge >= 0.3 is 0 Å². The molecule has 318 valence electrons. The van der Waals surface area contributed by atoms with E-state index >= 15 is 0 Å². The molecule has 3 aliphatic carbocycles. The zero-order valence-electron chi connectivity index (χ0n) is 38.0. The number of terminal acetylenes is 1. The van der Waals surface area contributed by atoms with Crippen molar-refractivity contribution in [3.05, 3.63) is 62.3 Å². The molecule has 0 aromatic rings. The van der Waals surface area contributed by atoms with Gasteiger partial charge in [-0.1, -0.05) is 113 Å². The van der Waals surface area contributed by atoms with Gasteiger partial charge in [-0.15, -0.1) is 25.5 Å². The third-order valence-electron chi connectivity index (χ3n) is 12.8. The van der Waals surface area contributed by atoms with Crippen LogP contribution in [0.3, 0.4) is 0 Å². The maximum absolute atomic E-state index is 11.6. The van der Waals surface area contributed by atoms with E-state index in [1.54, 1.807) is 13.0 Å². The molecule has 0 spiro atoms. The number of hydrogen-bond acceptors (Lipinski definition) is 7. The average Bonchev–Trinajstić information content (AvgIpc) is 4.04. The van der Waals surface area contributed by atoms with Crippen molar-refractivity contribution in [2.45, 2.75) is 158 Å². The zero-order chi connectivity index (χ0) is 42.9. The largest absolute Gasteiger partial charge is 0.389 e. The van der Waals surface area contributed by atoms with Gasteiger partial charge in [0.15, 0.2) is 5.78 Å². The smallest absolute Gasteiger partial charge is 0.180 e. The van der Waals surface area contributed by atoms with Crippen LogP contribution in [-0.2, 0) is 9.59 Å². The Hall–Kier alpha value is -3.24. The number of carbonyl (C=O) groups excluding carboxylic acids is 2. The molecule has 4 N–H and O–H groups in total. The Labute approximate surface area is 345 Å². The summed E-state index contributed by atoms with van der Waals surface area (Å²) in [7, 11) is 2.08. The van der Waals surface area contributed by atoms with Crippen molar-refractivity contribution in [1.82, 2.24) is 26.2 Å². The zero-order valence-corrected chi connectivity index (χ0v) is 38.0. The first-order valence-electron chi connectivity index (χ1n) is 21.6. The quantitative estimate of drug-likeness (QED) is 0.0591. The van der Waals surface area contributed by atoms with Gasteiger partial charge in [0.1, 0.15) is 5.78 Å². The second-order valence-electron chi connectivity index (χ2n) is 18.8. The molecule has 0 aromatic heterocycles. The summed E-state index contributed by atoms with van der Waals surface area (Å²) in [5, 5.41) is 13.3. The molecule has 0 radical (unpaired) electrons. The van der Waals surface area contributed by atoms with Gasteiger partial charge in [-0.25, -0.2) is 0 Å². The molecule has 7 nitrogen and oxygen atoms in total. The molecular formula is C49H85N5O2. The van der Waals surface area contributed by atoms with Gasteiger partial charge in [0.25, 0.3) is 0 Å². The van der Waals surface area contributed by atoms with E-state index in [0.717, 1.165) is 42.9 Å². The molecule has 1 heterocycles. The predicted octanol–water partition coefficient (Wildman–Crippen LogP) is 9.95. The van der Waals surface area contributed by atoms with Crippen LogP contribution in [-0.4, -0.2) is 61.3 Å². The number of fused-ring (bicyclic) bond motifs is 1. The SMILES string of the molecule is C#CCCC(C)C(=O)C(=C)NCC=C.C=C(C)NCC1CC1.C=CC(NC(=C)NC(CC)C(C)(C)C)C1(C)CCCCC1.CCC1(C)[C@@H]2C(C(C)=O)N(C)C[C@@H]21. The first kappa shape index (κ1) is 50.8. The number of piperidine rings is 1. The summed E-state index contributed by atoms with van der Waals surface area (Å²) in [6.07, 6.45) is 22.0. The van der Waals surface area contributed by atoms with Crippen molar-refractivity contribution < 1.29 is 9.59 Å². The number of ketones is 2. The van der Waals surface area contributed by atoms with Gasteiger partial charge in [0, 0.05) is 43.7 Å². The van der Waals surface area contributed by atoms with Crippen LogP contribution in [0.4, 0.5) is 0 Å². The Kier molecular flexibility index (Phi) is 21.6. The Balaban J connectivity index is 0.000000392. The minimum absolute atomic E-state index is 0.0297. The van der Waals surface area contributed by atoms with Crippen LogP contribution in [0.15, 0.2) is 62.3 Å². The number of allylic oxidation sites excluding steroid dienone is 2. The fourth-order valence-electron chi connectivity index (χ4n) is 8.57. The van der Waals surface area contributed by atoms with Gasteiger partial charge in [-0.05, 0) is 93.4 Å².